The molecule has 0 bridgehead atoms. The van der Waals surface area contributed by atoms with Crippen LogP contribution in [0.15, 0.2) is 11.2 Å². The Bertz CT molecular complexity index is 529. The summed E-state index contributed by atoms with van der Waals surface area (Å²) in [6.45, 7) is 8.34. The summed E-state index contributed by atoms with van der Waals surface area (Å²) in [5.74, 6) is 0.105. The molecule has 6 heteroatoms. The van der Waals surface area contributed by atoms with Gasteiger partial charge in [0.05, 0.1) is 23.0 Å². The molecule has 1 aromatic rings. The van der Waals surface area contributed by atoms with E-state index in [2.05, 4.69) is 15.0 Å². The third-order valence-corrected chi connectivity index (χ3v) is 3.79. The molecule has 0 saturated carbocycles. The lowest BCUT2D eigenvalue weighted by molar-refractivity contribution is 0.0526. The van der Waals surface area contributed by atoms with Gasteiger partial charge in [0.15, 0.2) is 5.84 Å². The van der Waals surface area contributed by atoms with Crippen LogP contribution >= 0.6 is 0 Å². The summed E-state index contributed by atoms with van der Waals surface area (Å²) in [5, 5.41) is 12.2. The number of amidine groups is 1. The van der Waals surface area contributed by atoms with Crippen molar-refractivity contribution in [3.05, 3.63) is 23.0 Å². The van der Waals surface area contributed by atoms with Crippen LogP contribution in [0.25, 0.3) is 0 Å². The van der Waals surface area contributed by atoms with E-state index in [-0.39, 0.29) is 11.9 Å². The largest absolute Gasteiger partial charge is 0.409 e. The summed E-state index contributed by atoms with van der Waals surface area (Å²) < 4.78 is 5.75. The van der Waals surface area contributed by atoms with E-state index < -0.39 is 0 Å². The molecule has 116 valence electrons. The minimum atomic E-state index is 0.105. The van der Waals surface area contributed by atoms with Gasteiger partial charge in [-0.1, -0.05) is 5.16 Å². The molecule has 1 aliphatic heterocycles. The third kappa shape index (κ3) is 3.44. The molecule has 3 N–H and O–H groups in total. The van der Waals surface area contributed by atoms with Gasteiger partial charge in [0.2, 0.25) is 0 Å². The van der Waals surface area contributed by atoms with Crippen LogP contribution in [0.2, 0.25) is 0 Å². The number of hydrogen-bond donors (Lipinski definition) is 2. The number of aromatic nitrogens is 1. The van der Waals surface area contributed by atoms with Crippen LogP contribution in [0.3, 0.4) is 0 Å². The maximum Gasteiger partial charge on any atom is 0.174 e. The van der Waals surface area contributed by atoms with Gasteiger partial charge >= 0.3 is 0 Å². The van der Waals surface area contributed by atoms with Crippen molar-refractivity contribution in [1.29, 1.82) is 0 Å². The second-order valence-electron chi connectivity index (χ2n) is 5.39. The molecule has 0 spiro atoms. The van der Waals surface area contributed by atoms with Crippen molar-refractivity contribution >= 4 is 11.5 Å². The summed E-state index contributed by atoms with van der Waals surface area (Å²) in [6, 6.07) is 1.99. The van der Waals surface area contributed by atoms with E-state index in [1.807, 2.05) is 26.8 Å². The van der Waals surface area contributed by atoms with Crippen molar-refractivity contribution in [3.63, 3.8) is 0 Å². The maximum absolute atomic E-state index is 9.03. The fourth-order valence-corrected chi connectivity index (χ4v) is 2.95. The number of nitrogens with two attached hydrogens (primary N) is 1. The molecule has 0 aromatic carbocycles. The number of hydrogen-bond acceptors (Lipinski definition) is 5. The molecule has 21 heavy (non-hydrogen) atoms. The molecule has 1 fully saturated rings. The first-order chi connectivity index (χ1) is 10.1. The number of pyridine rings is 1. The van der Waals surface area contributed by atoms with Crippen molar-refractivity contribution in [2.45, 2.75) is 39.7 Å². The molecule has 1 unspecified atom stereocenters. The van der Waals surface area contributed by atoms with E-state index in [9.17, 15) is 0 Å². The van der Waals surface area contributed by atoms with Crippen LogP contribution in [0.4, 0.5) is 5.69 Å². The van der Waals surface area contributed by atoms with E-state index in [1.165, 1.54) is 0 Å². The van der Waals surface area contributed by atoms with Gasteiger partial charge in [-0.25, -0.2) is 0 Å². The first-order valence-electron chi connectivity index (χ1n) is 7.39. The summed E-state index contributed by atoms with van der Waals surface area (Å²) >= 11 is 0. The second kappa shape index (κ2) is 6.76. The number of ether oxygens (including phenoxy) is 1. The lowest BCUT2D eigenvalue weighted by Gasteiger charge is -2.35. The highest BCUT2D eigenvalue weighted by Gasteiger charge is 2.24. The van der Waals surface area contributed by atoms with Crippen molar-refractivity contribution in [3.8, 4) is 0 Å². The Morgan fingerprint density at radius 2 is 2.33 bits per heavy atom. The Morgan fingerprint density at radius 3 is 3.00 bits per heavy atom. The average Bonchev–Trinajstić information content (AvgIpc) is 2.46. The van der Waals surface area contributed by atoms with Gasteiger partial charge in [-0.2, -0.15) is 0 Å². The second-order valence-corrected chi connectivity index (χ2v) is 5.39. The fourth-order valence-electron chi connectivity index (χ4n) is 2.95. The number of anilines is 1. The average molecular weight is 292 g/mol. The lowest BCUT2D eigenvalue weighted by atomic mass is 10.0. The van der Waals surface area contributed by atoms with Gasteiger partial charge in [0.25, 0.3) is 0 Å². The standard InChI is InChI=1S/C15H24N4O2/c1-4-21-12-6-5-7-19(9-12)13-8-10(2)17-11(3)14(13)15(16)18-20/h8,12,20H,4-7,9H2,1-3H3,(H2,16,18). The highest BCUT2D eigenvalue weighted by Crippen LogP contribution is 2.27. The van der Waals surface area contributed by atoms with Crippen LogP contribution < -0.4 is 10.6 Å². The minimum Gasteiger partial charge on any atom is -0.409 e. The van der Waals surface area contributed by atoms with Gasteiger partial charge in [0.1, 0.15) is 0 Å². The van der Waals surface area contributed by atoms with E-state index in [0.29, 0.717) is 5.56 Å². The van der Waals surface area contributed by atoms with E-state index >= 15 is 0 Å². The highest BCUT2D eigenvalue weighted by molar-refractivity contribution is 6.03. The van der Waals surface area contributed by atoms with Crippen LogP contribution in [-0.2, 0) is 4.74 Å². The van der Waals surface area contributed by atoms with Crippen LogP contribution in [0, 0.1) is 13.8 Å². The monoisotopic (exact) mass is 292 g/mol. The molecule has 2 heterocycles. The quantitative estimate of drug-likeness (QED) is 0.382. The van der Waals surface area contributed by atoms with Gasteiger partial charge < -0.3 is 20.6 Å². The van der Waals surface area contributed by atoms with Crippen LogP contribution in [-0.4, -0.2) is 41.8 Å². The summed E-state index contributed by atoms with van der Waals surface area (Å²) in [4.78, 5) is 6.67. The summed E-state index contributed by atoms with van der Waals surface area (Å²) in [6.07, 6.45) is 2.38. The fraction of sp³-hybridized carbons (Fsp3) is 0.600. The van der Waals surface area contributed by atoms with Gasteiger partial charge in [0, 0.05) is 25.4 Å². The summed E-state index contributed by atoms with van der Waals surface area (Å²) in [5.41, 5.74) is 9.23. The summed E-state index contributed by atoms with van der Waals surface area (Å²) in [7, 11) is 0. The molecule has 6 nitrogen and oxygen atoms in total. The van der Waals surface area contributed by atoms with Gasteiger partial charge in [-0.05, 0) is 39.7 Å². The Hall–Kier alpha value is -1.82. The Kier molecular flexibility index (Phi) is 5.01. The zero-order valence-corrected chi connectivity index (χ0v) is 13.0. The lowest BCUT2D eigenvalue weighted by Crippen LogP contribution is -2.41. The van der Waals surface area contributed by atoms with E-state index in [0.717, 1.165) is 49.6 Å². The molecule has 1 saturated heterocycles. The zero-order chi connectivity index (χ0) is 15.4. The highest BCUT2D eigenvalue weighted by atomic mass is 16.5. The molecule has 0 radical (unpaired) electrons. The smallest absolute Gasteiger partial charge is 0.174 e. The van der Waals surface area contributed by atoms with Crippen LogP contribution in [0.5, 0.6) is 0 Å². The molecular weight excluding hydrogens is 268 g/mol. The zero-order valence-electron chi connectivity index (χ0n) is 13.0. The Morgan fingerprint density at radius 1 is 1.57 bits per heavy atom. The predicted molar refractivity (Wildman–Crippen MR) is 83.1 cm³/mol. The molecule has 2 rings (SSSR count). The number of oxime groups is 1. The van der Waals surface area contributed by atoms with Crippen molar-refractivity contribution in [2.24, 2.45) is 10.9 Å². The normalized spacial score (nSPS) is 19.9. The molecule has 1 aliphatic rings. The molecule has 0 aliphatic carbocycles. The first-order valence-corrected chi connectivity index (χ1v) is 7.39. The van der Waals surface area contributed by atoms with Crippen molar-refractivity contribution in [2.75, 3.05) is 24.6 Å². The van der Waals surface area contributed by atoms with Gasteiger partial charge in [-0.3, -0.25) is 4.98 Å². The maximum atomic E-state index is 9.03. The van der Waals surface area contributed by atoms with Crippen molar-refractivity contribution < 1.29 is 9.94 Å². The Labute approximate surface area is 125 Å². The number of aryl methyl sites for hydroxylation is 2. The first kappa shape index (κ1) is 15.6. The molecule has 1 aromatic heterocycles. The molecule has 0 amide bonds. The predicted octanol–water partition coefficient (Wildman–Crippen LogP) is 1.80. The van der Waals surface area contributed by atoms with E-state index in [4.69, 9.17) is 15.7 Å². The number of piperidine rings is 1. The van der Waals surface area contributed by atoms with Crippen molar-refractivity contribution in [1.82, 2.24) is 4.98 Å². The topological polar surface area (TPSA) is 84.0 Å². The van der Waals surface area contributed by atoms with E-state index in [1.54, 1.807) is 0 Å². The minimum absolute atomic E-state index is 0.105. The number of nitrogens with zero attached hydrogens (tertiary/aromatic N) is 3. The Balaban J connectivity index is 2.37. The van der Waals surface area contributed by atoms with Gasteiger partial charge in [-0.15, -0.1) is 0 Å². The van der Waals surface area contributed by atoms with Crippen LogP contribution in [0.1, 0.15) is 36.7 Å². The SMILES string of the molecule is CCOC1CCCN(c2cc(C)nc(C)c2/C(N)=N/O)C1. The third-order valence-electron chi connectivity index (χ3n) is 3.79. The molecular formula is C15H24N4O2. The molecule has 1 atom stereocenters. The number of rotatable bonds is 4.